The summed E-state index contributed by atoms with van der Waals surface area (Å²) in [7, 11) is 0. The van der Waals surface area contributed by atoms with Crippen LogP contribution in [-0.4, -0.2) is 0 Å². The van der Waals surface area contributed by atoms with Crippen molar-refractivity contribution in [1.29, 1.82) is 0 Å². The molecule has 0 atom stereocenters. The first-order valence-corrected chi connectivity index (χ1v) is 9.45. The molecule has 0 heterocycles. The van der Waals surface area contributed by atoms with Crippen molar-refractivity contribution >= 4 is 27.7 Å². The van der Waals surface area contributed by atoms with Gasteiger partial charge < -0.3 is 5.32 Å². The highest BCUT2D eigenvalue weighted by Gasteiger charge is 2.35. The molecule has 0 aliphatic heterocycles. The van der Waals surface area contributed by atoms with Crippen LogP contribution in [0.1, 0.15) is 31.9 Å². The SMILES string of the molecule is C=CC1=C(/C=C\C)c2cc(Nc3ccc4ccccc4c3)ccc2C1(C)C. The van der Waals surface area contributed by atoms with Gasteiger partial charge in [-0.1, -0.05) is 75.1 Å². The molecule has 0 bridgehead atoms. The minimum absolute atomic E-state index is 0.0204. The Labute approximate surface area is 161 Å². The summed E-state index contributed by atoms with van der Waals surface area (Å²) in [5, 5.41) is 6.08. The number of anilines is 2. The van der Waals surface area contributed by atoms with E-state index in [0.29, 0.717) is 0 Å². The highest BCUT2D eigenvalue weighted by Crippen LogP contribution is 2.48. The average Bonchev–Trinajstić information content (AvgIpc) is 2.88. The molecular formula is C26H25N. The lowest BCUT2D eigenvalue weighted by atomic mass is 9.81. The lowest BCUT2D eigenvalue weighted by Gasteiger charge is -2.22. The summed E-state index contributed by atoms with van der Waals surface area (Å²) in [6, 6.07) is 21.6. The van der Waals surface area contributed by atoms with E-state index in [2.05, 4.69) is 105 Å². The molecule has 0 spiro atoms. The average molecular weight is 351 g/mol. The summed E-state index contributed by atoms with van der Waals surface area (Å²) >= 11 is 0. The number of hydrogen-bond donors (Lipinski definition) is 1. The molecule has 1 nitrogen and oxygen atoms in total. The predicted molar refractivity (Wildman–Crippen MR) is 119 cm³/mol. The number of nitrogens with one attached hydrogen (secondary N) is 1. The Morgan fingerprint density at radius 1 is 0.889 bits per heavy atom. The van der Waals surface area contributed by atoms with Gasteiger partial charge in [0.15, 0.2) is 0 Å². The molecule has 0 unspecified atom stereocenters. The maximum atomic E-state index is 4.07. The van der Waals surface area contributed by atoms with E-state index in [1.54, 1.807) is 0 Å². The van der Waals surface area contributed by atoms with Crippen LogP contribution in [-0.2, 0) is 5.41 Å². The summed E-state index contributed by atoms with van der Waals surface area (Å²) in [5.74, 6) is 0. The van der Waals surface area contributed by atoms with Gasteiger partial charge in [-0.3, -0.25) is 0 Å². The van der Waals surface area contributed by atoms with E-state index >= 15 is 0 Å². The normalized spacial score (nSPS) is 15.4. The Balaban J connectivity index is 1.75. The minimum atomic E-state index is -0.0204. The van der Waals surface area contributed by atoms with Crippen molar-refractivity contribution in [2.75, 3.05) is 5.32 Å². The van der Waals surface area contributed by atoms with Crippen LogP contribution in [0.25, 0.3) is 16.3 Å². The fourth-order valence-corrected chi connectivity index (χ4v) is 4.16. The zero-order valence-electron chi connectivity index (χ0n) is 16.2. The van der Waals surface area contributed by atoms with E-state index < -0.39 is 0 Å². The molecule has 3 aromatic carbocycles. The number of benzene rings is 3. The molecule has 0 amide bonds. The summed E-state index contributed by atoms with van der Waals surface area (Å²) in [6.45, 7) is 10.7. The minimum Gasteiger partial charge on any atom is -0.355 e. The number of allylic oxidation sites excluding steroid dienone is 5. The van der Waals surface area contributed by atoms with Crippen LogP contribution in [0, 0.1) is 0 Å². The molecule has 0 aromatic heterocycles. The lowest BCUT2D eigenvalue weighted by Crippen LogP contribution is -2.15. The molecule has 1 N–H and O–H groups in total. The Morgan fingerprint density at radius 3 is 2.33 bits per heavy atom. The Hall–Kier alpha value is -3.06. The zero-order valence-corrected chi connectivity index (χ0v) is 16.2. The van der Waals surface area contributed by atoms with Crippen LogP contribution in [0.2, 0.25) is 0 Å². The topological polar surface area (TPSA) is 12.0 Å². The van der Waals surface area contributed by atoms with Gasteiger partial charge >= 0.3 is 0 Å². The van der Waals surface area contributed by atoms with E-state index in [1.807, 2.05) is 6.08 Å². The molecule has 3 aromatic rings. The number of fused-ring (bicyclic) bond motifs is 2. The van der Waals surface area contributed by atoms with Crippen LogP contribution in [0.5, 0.6) is 0 Å². The number of hydrogen-bond acceptors (Lipinski definition) is 1. The maximum Gasteiger partial charge on any atom is 0.0390 e. The highest BCUT2D eigenvalue weighted by atomic mass is 14.9. The van der Waals surface area contributed by atoms with Gasteiger partial charge in [-0.2, -0.15) is 0 Å². The molecule has 1 aliphatic rings. The summed E-state index contributed by atoms with van der Waals surface area (Å²) < 4.78 is 0. The lowest BCUT2D eigenvalue weighted by molar-refractivity contribution is 0.654. The predicted octanol–water partition coefficient (Wildman–Crippen LogP) is 7.39. The van der Waals surface area contributed by atoms with Crippen LogP contribution in [0.4, 0.5) is 11.4 Å². The van der Waals surface area contributed by atoms with Gasteiger partial charge in [-0.15, -0.1) is 0 Å². The molecule has 1 heteroatoms. The van der Waals surface area contributed by atoms with E-state index in [-0.39, 0.29) is 5.41 Å². The van der Waals surface area contributed by atoms with E-state index in [4.69, 9.17) is 0 Å². The Morgan fingerprint density at radius 2 is 1.59 bits per heavy atom. The fraction of sp³-hybridized carbons (Fsp3) is 0.154. The molecular weight excluding hydrogens is 326 g/mol. The molecule has 0 radical (unpaired) electrons. The first-order valence-electron chi connectivity index (χ1n) is 9.45. The van der Waals surface area contributed by atoms with Gasteiger partial charge in [0.1, 0.15) is 0 Å². The zero-order chi connectivity index (χ0) is 19.0. The van der Waals surface area contributed by atoms with Crippen molar-refractivity contribution in [2.45, 2.75) is 26.2 Å². The van der Waals surface area contributed by atoms with Crippen LogP contribution in [0.15, 0.2) is 91.0 Å². The highest BCUT2D eigenvalue weighted by molar-refractivity contribution is 5.90. The van der Waals surface area contributed by atoms with Gasteiger partial charge in [0.2, 0.25) is 0 Å². The third kappa shape index (κ3) is 2.90. The van der Waals surface area contributed by atoms with Crippen molar-refractivity contribution < 1.29 is 0 Å². The molecule has 0 saturated heterocycles. The second-order valence-electron chi connectivity index (χ2n) is 7.60. The summed E-state index contributed by atoms with van der Waals surface area (Å²) in [4.78, 5) is 0. The molecule has 134 valence electrons. The van der Waals surface area contributed by atoms with Gasteiger partial charge in [0.05, 0.1) is 0 Å². The van der Waals surface area contributed by atoms with Crippen molar-refractivity contribution in [1.82, 2.24) is 0 Å². The van der Waals surface area contributed by atoms with Crippen LogP contribution < -0.4 is 5.32 Å². The molecule has 0 fully saturated rings. The third-order valence-corrected chi connectivity index (χ3v) is 5.52. The van der Waals surface area contributed by atoms with Crippen molar-refractivity contribution in [3.05, 3.63) is 102 Å². The first-order chi connectivity index (χ1) is 13.0. The van der Waals surface area contributed by atoms with Crippen LogP contribution in [0.3, 0.4) is 0 Å². The van der Waals surface area contributed by atoms with E-state index in [0.717, 1.165) is 11.4 Å². The van der Waals surface area contributed by atoms with Gasteiger partial charge in [0.25, 0.3) is 0 Å². The maximum absolute atomic E-state index is 4.07. The third-order valence-electron chi connectivity index (χ3n) is 5.52. The second-order valence-corrected chi connectivity index (χ2v) is 7.60. The summed E-state index contributed by atoms with van der Waals surface area (Å²) in [5.41, 5.74) is 7.40. The second kappa shape index (κ2) is 6.59. The van der Waals surface area contributed by atoms with Gasteiger partial charge in [-0.05, 0) is 64.2 Å². The van der Waals surface area contributed by atoms with E-state index in [1.165, 1.54) is 33.0 Å². The first kappa shape index (κ1) is 17.4. The molecule has 4 rings (SSSR count). The van der Waals surface area contributed by atoms with Crippen molar-refractivity contribution in [3.8, 4) is 0 Å². The Kier molecular flexibility index (Phi) is 4.24. The largest absolute Gasteiger partial charge is 0.355 e. The fourth-order valence-electron chi connectivity index (χ4n) is 4.16. The number of rotatable bonds is 4. The van der Waals surface area contributed by atoms with Crippen molar-refractivity contribution in [3.63, 3.8) is 0 Å². The molecule has 27 heavy (non-hydrogen) atoms. The quantitative estimate of drug-likeness (QED) is 0.516. The standard InChI is InChI=1S/C26H25N/c1-5-9-22-23-17-21(14-15-25(23)26(3,4)24(22)6-2)27-20-13-12-18-10-7-8-11-19(18)16-20/h5-17,27H,2H2,1,3-4H3/b9-5-. The van der Waals surface area contributed by atoms with Crippen molar-refractivity contribution in [2.24, 2.45) is 0 Å². The smallest absolute Gasteiger partial charge is 0.0390 e. The van der Waals surface area contributed by atoms with E-state index in [9.17, 15) is 0 Å². The monoisotopic (exact) mass is 351 g/mol. The van der Waals surface area contributed by atoms with Gasteiger partial charge in [-0.25, -0.2) is 0 Å². The van der Waals surface area contributed by atoms with Crippen LogP contribution >= 0.6 is 0 Å². The van der Waals surface area contributed by atoms with Gasteiger partial charge in [0, 0.05) is 16.8 Å². The molecule has 0 saturated carbocycles. The Bertz CT molecular complexity index is 1100. The molecule has 1 aliphatic carbocycles. The summed E-state index contributed by atoms with van der Waals surface area (Å²) in [6.07, 6.45) is 6.31.